The number of aromatic nitrogens is 6. The number of imidazole rings is 1. The van der Waals surface area contributed by atoms with Gasteiger partial charge in [-0.05, 0) is 12.8 Å². The molecule has 2 aliphatic rings. The fourth-order valence-corrected chi connectivity index (χ4v) is 3.74. The summed E-state index contributed by atoms with van der Waals surface area (Å²) in [5, 5.41) is 0. The molecule has 9 heteroatoms. The second-order valence-electron chi connectivity index (χ2n) is 7.35. The summed E-state index contributed by atoms with van der Waals surface area (Å²) in [6.45, 7) is 4.91. The Morgan fingerprint density at radius 3 is 2.54 bits per heavy atom. The summed E-state index contributed by atoms with van der Waals surface area (Å²) in [6, 6.07) is 2.16. The summed E-state index contributed by atoms with van der Waals surface area (Å²) in [6.07, 6.45) is 7.66. The lowest BCUT2D eigenvalue weighted by molar-refractivity contribution is 0.188. The second-order valence-corrected chi connectivity index (χ2v) is 7.35. The molecule has 0 bridgehead atoms. The minimum Gasteiger partial charge on any atom is -0.383 e. The number of methoxy groups -OCH3 is 1. The van der Waals surface area contributed by atoms with Crippen molar-refractivity contribution in [2.75, 3.05) is 49.7 Å². The highest BCUT2D eigenvalue weighted by Crippen LogP contribution is 2.39. The van der Waals surface area contributed by atoms with E-state index in [-0.39, 0.29) is 0 Å². The summed E-state index contributed by atoms with van der Waals surface area (Å²) in [4.78, 5) is 27.1. The molecular weight excluding hydrogens is 356 g/mol. The number of piperazine rings is 1. The highest BCUT2D eigenvalue weighted by molar-refractivity contribution is 5.83. The van der Waals surface area contributed by atoms with Gasteiger partial charge in [0.25, 0.3) is 0 Å². The van der Waals surface area contributed by atoms with Gasteiger partial charge in [-0.3, -0.25) is 0 Å². The van der Waals surface area contributed by atoms with Gasteiger partial charge in [-0.25, -0.2) is 24.9 Å². The van der Waals surface area contributed by atoms with Crippen molar-refractivity contribution < 1.29 is 4.74 Å². The molecule has 1 aliphatic heterocycles. The maximum Gasteiger partial charge on any atom is 0.165 e. The highest BCUT2D eigenvalue weighted by atomic mass is 16.5. The van der Waals surface area contributed by atoms with E-state index in [0.717, 1.165) is 55.5 Å². The molecule has 0 aromatic carbocycles. The lowest BCUT2D eigenvalue weighted by Crippen LogP contribution is -2.47. The smallest absolute Gasteiger partial charge is 0.165 e. The first-order valence-electron chi connectivity index (χ1n) is 9.80. The van der Waals surface area contributed by atoms with Crippen LogP contribution in [0.4, 0.5) is 11.6 Å². The zero-order chi connectivity index (χ0) is 18.9. The van der Waals surface area contributed by atoms with E-state index >= 15 is 0 Å². The predicted octanol–water partition coefficient (Wildman–Crippen LogP) is 1.47. The van der Waals surface area contributed by atoms with Gasteiger partial charge in [0.2, 0.25) is 0 Å². The van der Waals surface area contributed by atoms with Gasteiger partial charge in [-0.2, -0.15) is 0 Å². The summed E-state index contributed by atoms with van der Waals surface area (Å²) < 4.78 is 7.19. The van der Waals surface area contributed by atoms with Crippen molar-refractivity contribution in [3.05, 3.63) is 30.7 Å². The molecule has 146 valence electrons. The van der Waals surface area contributed by atoms with Crippen LogP contribution in [0.3, 0.4) is 0 Å². The van der Waals surface area contributed by atoms with Crippen LogP contribution in [-0.4, -0.2) is 69.4 Å². The van der Waals surface area contributed by atoms with E-state index in [1.54, 1.807) is 19.8 Å². The molecule has 0 spiro atoms. The van der Waals surface area contributed by atoms with Crippen molar-refractivity contribution in [1.29, 1.82) is 0 Å². The van der Waals surface area contributed by atoms with Crippen molar-refractivity contribution in [2.24, 2.45) is 0 Å². The van der Waals surface area contributed by atoms with Crippen molar-refractivity contribution in [3.63, 3.8) is 0 Å². The van der Waals surface area contributed by atoms with E-state index in [1.807, 2.05) is 10.9 Å². The van der Waals surface area contributed by atoms with E-state index in [4.69, 9.17) is 4.74 Å². The number of fused-ring (bicyclic) bond motifs is 1. The predicted molar refractivity (Wildman–Crippen MR) is 106 cm³/mol. The first-order valence-corrected chi connectivity index (χ1v) is 9.80. The zero-order valence-corrected chi connectivity index (χ0v) is 16.0. The second kappa shape index (κ2) is 7.31. The van der Waals surface area contributed by atoms with Crippen LogP contribution < -0.4 is 9.80 Å². The molecule has 1 saturated carbocycles. The van der Waals surface area contributed by atoms with Gasteiger partial charge < -0.3 is 19.1 Å². The molecule has 0 N–H and O–H groups in total. The summed E-state index contributed by atoms with van der Waals surface area (Å²) in [5.74, 6) is 2.58. The standard InChI is InChI=1S/C19H24N8O/c1-28-9-8-27-13-24-17-18(22-12-23-19(17)27)26-6-4-25(5-7-26)16-10-15(14-2-3-14)20-11-21-16/h10-14H,2-9H2,1H3. The zero-order valence-electron chi connectivity index (χ0n) is 16.0. The Morgan fingerprint density at radius 1 is 0.964 bits per heavy atom. The van der Waals surface area contributed by atoms with Crippen LogP contribution in [0.2, 0.25) is 0 Å². The molecule has 3 aromatic rings. The fourth-order valence-electron chi connectivity index (χ4n) is 3.74. The van der Waals surface area contributed by atoms with E-state index in [2.05, 4.69) is 40.8 Å². The molecule has 28 heavy (non-hydrogen) atoms. The van der Waals surface area contributed by atoms with Crippen LogP contribution in [0.15, 0.2) is 25.0 Å². The van der Waals surface area contributed by atoms with Crippen LogP contribution in [0, 0.1) is 0 Å². The molecular formula is C19H24N8O. The van der Waals surface area contributed by atoms with Gasteiger partial charge >= 0.3 is 0 Å². The van der Waals surface area contributed by atoms with Crippen LogP contribution in [0.25, 0.3) is 11.2 Å². The minimum absolute atomic E-state index is 0.630. The topological polar surface area (TPSA) is 85.1 Å². The van der Waals surface area contributed by atoms with Crippen molar-refractivity contribution in [3.8, 4) is 0 Å². The molecule has 0 amide bonds. The van der Waals surface area contributed by atoms with Gasteiger partial charge in [0.1, 0.15) is 18.5 Å². The van der Waals surface area contributed by atoms with Crippen LogP contribution >= 0.6 is 0 Å². The van der Waals surface area contributed by atoms with Crippen molar-refractivity contribution >= 4 is 22.8 Å². The van der Waals surface area contributed by atoms with Crippen LogP contribution in [0.1, 0.15) is 24.5 Å². The van der Waals surface area contributed by atoms with Crippen LogP contribution in [0.5, 0.6) is 0 Å². The lowest BCUT2D eigenvalue weighted by Gasteiger charge is -2.36. The summed E-state index contributed by atoms with van der Waals surface area (Å²) >= 11 is 0. The van der Waals surface area contributed by atoms with Crippen molar-refractivity contribution in [2.45, 2.75) is 25.3 Å². The molecule has 1 aliphatic carbocycles. The fraction of sp³-hybridized carbons (Fsp3) is 0.526. The third-order valence-electron chi connectivity index (χ3n) is 5.49. The molecule has 0 atom stereocenters. The molecule has 2 fully saturated rings. The monoisotopic (exact) mass is 380 g/mol. The van der Waals surface area contributed by atoms with E-state index < -0.39 is 0 Å². The average Bonchev–Trinajstić information content (AvgIpc) is 3.53. The normalized spacial score (nSPS) is 17.5. The number of hydrogen-bond acceptors (Lipinski definition) is 8. The minimum atomic E-state index is 0.630. The van der Waals surface area contributed by atoms with Gasteiger partial charge in [0.05, 0.1) is 12.9 Å². The Morgan fingerprint density at radius 2 is 1.75 bits per heavy atom. The number of rotatable bonds is 6. The molecule has 0 radical (unpaired) electrons. The molecule has 3 aromatic heterocycles. The quantitative estimate of drug-likeness (QED) is 0.636. The van der Waals surface area contributed by atoms with Gasteiger partial charge in [0.15, 0.2) is 17.0 Å². The average molecular weight is 380 g/mol. The van der Waals surface area contributed by atoms with E-state index in [1.165, 1.54) is 18.5 Å². The number of nitrogens with zero attached hydrogens (tertiary/aromatic N) is 8. The maximum atomic E-state index is 5.17. The SMILES string of the molecule is COCCn1cnc2c(N3CCN(c4cc(C5CC5)ncn4)CC3)ncnc21. The first-order chi connectivity index (χ1) is 13.8. The Balaban J connectivity index is 1.31. The largest absolute Gasteiger partial charge is 0.383 e. The Kier molecular flexibility index (Phi) is 4.52. The first kappa shape index (κ1) is 17.3. The highest BCUT2D eigenvalue weighted by Gasteiger charge is 2.27. The number of ether oxygens (including phenoxy) is 1. The van der Waals surface area contributed by atoms with Crippen LogP contribution in [-0.2, 0) is 11.3 Å². The Labute approximate surface area is 163 Å². The molecule has 4 heterocycles. The van der Waals surface area contributed by atoms with E-state index in [0.29, 0.717) is 12.5 Å². The van der Waals surface area contributed by atoms with E-state index in [9.17, 15) is 0 Å². The van der Waals surface area contributed by atoms with Crippen molar-refractivity contribution in [1.82, 2.24) is 29.5 Å². The summed E-state index contributed by atoms with van der Waals surface area (Å²) in [7, 11) is 1.70. The van der Waals surface area contributed by atoms with Gasteiger partial charge in [-0.15, -0.1) is 0 Å². The molecule has 1 saturated heterocycles. The van der Waals surface area contributed by atoms with Gasteiger partial charge in [0, 0.05) is 57.5 Å². The third-order valence-corrected chi connectivity index (χ3v) is 5.49. The number of anilines is 2. The van der Waals surface area contributed by atoms with Gasteiger partial charge in [-0.1, -0.05) is 0 Å². The molecule has 9 nitrogen and oxygen atoms in total. The molecule has 0 unspecified atom stereocenters. The molecule has 5 rings (SSSR count). The Bertz CT molecular complexity index is 961. The maximum absolute atomic E-state index is 5.17. The third kappa shape index (κ3) is 3.26. The lowest BCUT2D eigenvalue weighted by atomic mass is 10.2. The Hall–Kier alpha value is -2.81. The number of hydrogen-bond donors (Lipinski definition) is 0. The summed E-state index contributed by atoms with van der Waals surface area (Å²) in [5.41, 5.74) is 2.89.